The Kier molecular flexibility index (Phi) is 5.46. The standard InChI is InChI=1S/C39H30N4Si/c1-41-23-24-42(27-41)28-11-10-12-29(25-28)43-35-16-5-2-13-31(35)32-21-20-30(26-36(32)43)44(39-19-8-9-22-40-39)37-17-6-3-14-33(37)34-15-4-7-18-38(34)44/h2-26H,27H2,1H3. The van der Waals surface area contributed by atoms with E-state index in [1.807, 2.05) is 12.3 Å². The van der Waals surface area contributed by atoms with Crippen molar-refractivity contribution in [2.45, 2.75) is 0 Å². The predicted molar refractivity (Wildman–Crippen MR) is 185 cm³/mol. The lowest BCUT2D eigenvalue weighted by Gasteiger charge is -2.30. The number of para-hydroxylation sites is 1. The molecule has 0 fully saturated rings. The minimum absolute atomic E-state index is 0.845. The Hall–Kier alpha value is -5.39. The van der Waals surface area contributed by atoms with E-state index in [2.05, 4.69) is 161 Å². The summed E-state index contributed by atoms with van der Waals surface area (Å²) in [4.78, 5) is 9.59. The topological polar surface area (TPSA) is 24.3 Å². The molecule has 7 aromatic rings. The van der Waals surface area contributed by atoms with Gasteiger partial charge in [-0.3, -0.25) is 4.98 Å². The average Bonchev–Trinajstić information content (AvgIpc) is 3.76. The fraction of sp³-hybridized carbons (Fsp3) is 0.0513. The molecule has 5 heteroatoms. The first-order valence-corrected chi connectivity index (χ1v) is 17.1. The number of fused-ring (bicyclic) bond motifs is 6. The van der Waals surface area contributed by atoms with Gasteiger partial charge in [-0.2, -0.15) is 0 Å². The van der Waals surface area contributed by atoms with Crippen molar-refractivity contribution in [2.24, 2.45) is 0 Å². The normalized spacial score (nSPS) is 14.8. The van der Waals surface area contributed by atoms with Crippen molar-refractivity contribution in [2.75, 3.05) is 18.6 Å². The largest absolute Gasteiger partial charge is 0.361 e. The van der Waals surface area contributed by atoms with Crippen LogP contribution < -0.4 is 25.8 Å². The Labute approximate surface area is 257 Å². The van der Waals surface area contributed by atoms with Crippen LogP contribution in [0.5, 0.6) is 0 Å². The lowest BCUT2D eigenvalue weighted by Crippen LogP contribution is -2.73. The van der Waals surface area contributed by atoms with Crippen LogP contribution in [0.25, 0.3) is 38.6 Å². The van der Waals surface area contributed by atoms with Crippen LogP contribution >= 0.6 is 0 Å². The minimum Gasteiger partial charge on any atom is -0.361 e. The van der Waals surface area contributed by atoms with E-state index in [1.54, 1.807) is 0 Å². The first-order valence-electron chi connectivity index (χ1n) is 15.1. The molecule has 0 aliphatic carbocycles. The summed E-state index contributed by atoms with van der Waals surface area (Å²) in [6.07, 6.45) is 6.23. The Morgan fingerprint density at radius 1 is 0.591 bits per heavy atom. The van der Waals surface area contributed by atoms with Gasteiger partial charge in [-0.15, -0.1) is 0 Å². The van der Waals surface area contributed by atoms with Gasteiger partial charge in [0.05, 0.1) is 17.7 Å². The number of anilines is 1. The summed E-state index contributed by atoms with van der Waals surface area (Å²) >= 11 is 0. The van der Waals surface area contributed by atoms with Crippen LogP contribution in [0, 0.1) is 0 Å². The van der Waals surface area contributed by atoms with Crippen molar-refractivity contribution in [3.05, 3.63) is 152 Å². The van der Waals surface area contributed by atoms with Gasteiger partial charge in [0.1, 0.15) is 0 Å². The van der Waals surface area contributed by atoms with Crippen LogP contribution in [0.2, 0.25) is 0 Å². The zero-order chi connectivity index (χ0) is 29.3. The molecule has 0 bridgehead atoms. The van der Waals surface area contributed by atoms with Crippen molar-refractivity contribution in [3.8, 4) is 16.8 Å². The van der Waals surface area contributed by atoms with Crippen LogP contribution in [0.1, 0.15) is 0 Å². The van der Waals surface area contributed by atoms with Crippen LogP contribution in [0.4, 0.5) is 5.69 Å². The summed E-state index contributed by atoms with van der Waals surface area (Å²) in [6, 6.07) is 49.3. The minimum atomic E-state index is -2.70. The second-order valence-corrected chi connectivity index (χ2v) is 15.5. The zero-order valence-corrected chi connectivity index (χ0v) is 25.4. The van der Waals surface area contributed by atoms with Crippen LogP contribution in [-0.4, -0.2) is 36.2 Å². The highest BCUT2D eigenvalue weighted by molar-refractivity contribution is 7.21. The van der Waals surface area contributed by atoms with E-state index in [9.17, 15) is 0 Å². The molecule has 5 aromatic carbocycles. The highest BCUT2D eigenvalue weighted by Crippen LogP contribution is 2.34. The number of hydrogen-bond acceptors (Lipinski definition) is 3. The van der Waals surface area contributed by atoms with Gasteiger partial charge in [-0.25, -0.2) is 0 Å². The number of hydrogen-bond donors (Lipinski definition) is 0. The Bertz CT molecular complexity index is 2210. The Morgan fingerprint density at radius 2 is 1.30 bits per heavy atom. The quantitative estimate of drug-likeness (QED) is 0.248. The monoisotopic (exact) mass is 582 g/mol. The molecular formula is C39H30N4Si. The second kappa shape index (κ2) is 9.56. The number of benzene rings is 5. The highest BCUT2D eigenvalue weighted by Gasteiger charge is 2.49. The van der Waals surface area contributed by atoms with Crippen LogP contribution in [0.3, 0.4) is 0 Å². The molecule has 44 heavy (non-hydrogen) atoms. The van der Waals surface area contributed by atoms with Gasteiger partial charge < -0.3 is 14.4 Å². The average molecular weight is 583 g/mol. The van der Waals surface area contributed by atoms with Crippen LogP contribution in [0.15, 0.2) is 152 Å². The van der Waals surface area contributed by atoms with E-state index in [4.69, 9.17) is 4.98 Å². The van der Waals surface area contributed by atoms with Gasteiger partial charge in [-0.1, -0.05) is 91.0 Å². The first kappa shape index (κ1) is 25.1. The third kappa shape index (κ3) is 3.47. The summed E-state index contributed by atoms with van der Waals surface area (Å²) in [5.74, 6) is 0. The second-order valence-electron chi connectivity index (χ2n) is 11.8. The molecule has 0 radical (unpaired) electrons. The molecule has 0 N–H and O–H groups in total. The van der Waals surface area contributed by atoms with Gasteiger partial charge in [0.15, 0.2) is 0 Å². The molecule has 2 aromatic heterocycles. The maximum Gasteiger partial charge on any atom is 0.203 e. The summed E-state index contributed by atoms with van der Waals surface area (Å²) < 4.78 is 2.45. The molecule has 210 valence electrons. The smallest absolute Gasteiger partial charge is 0.203 e. The van der Waals surface area contributed by atoms with E-state index in [0.717, 1.165) is 12.4 Å². The summed E-state index contributed by atoms with van der Waals surface area (Å²) in [5, 5.41) is 7.88. The van der Waals surface area contributed by atoms with Crippen molar-refractivity contribution in [3.63, 3.8) is 0 Å². The molecule has 4 nitrogen and oxygen atoms in total. The van der Waals surface area contributed by atoms with Crippen molar-refractivity contribution < 1.29 is 0 Å². The van der Waals surface area contributed by atoms with Gasteiger partial charge in [0.25, 0.3) is 0 Å². The zero-order valence-electron chi connectivity index (χ0n) is 24.4. The first-order chi connectivity index (χ1) is 21.7. The molecule has 9 rings (SSSR count). The van der Waals surface area contributed by atoms with E-state index in [0.29, 0.717) is 0 Å². The van der Waals surface area contributed by atoms with Gasteiger partial charge in [0.2, 0.25) is 8.07 Å². The third-order valence-corrected chi connectivity index (χ3v) is 14.1. The molecule has 0 atom stereocenters. The number of aromatic nitrogens is 2. The summed E-state index contributed by atoms with van der Waals surface area (Å²) in [6.45, 7) is 0.845. The summed E-state index contributed by atoms with van der Waals surface area (Å²) in [5.41, 5.74) is 7.44. The lowest BCUT2D eigenvalue weighted by molar-refractivity contribution is 0.496. The van der Waals surface area contributed by atoms with E-state index < -0.39 is 8.07 Å². The van der Waals surface area contributed by atoms with Gasteiger partial charge in [-0.05, 0) is 69.2 Å². The van der Waals surface area contributed by atoms with Gasteiger partial charge >= 0.3 is 0 Å². The molecular weight excluding hydrogens is 553 g/mol. The van der Waals surface area contributed by atoms with Gasteiger partial charge in [0, 0.05) is 53.1 Å². The van der Waals surface area contributed by atoms with E-state index >= 15 is 0 Å². The van der Waals surface area contributed by atoms with Crippen molar-refractivity contribution >= 4 is 56.4 Å². The Morgan fingerprint density at radius 3 is 2.05 bits per heavy atom. The number of pyridine rings is 1. The molecule has 4 heterocycles. The SMILES string of the molecule is CN1C=CN(c2cccc(-n3c4ccccc4c4ccc([Si]5(c6ccccn6)c6ccccc6-c6ccccc65)cc43)c2)C1. The highest BCUT2D eigenvalue weighted by atomic mass is 28.3. The molecule has 0 saturated carbocycles. The predicted octanol–water partition coefficient (Wildman–Crippen LogP) is 5.72. The number of rotatable bonds is 4. The third-order valence-electron chi connectivity index (χ3n) is 9.40. The summed E-state index contributed by atoms with van der Waals surface area (Å²) in [7, 11) is -0.596. The van der Waals surface area contributed by atoms with E-state index in [1.165, 1.54) is 59.5 Å². The molecule has 0 unspecified atom stereocenters. The molecule has 2 aliphatic heterocycles. The lowest BCUT2D eigenvalue weighted by atomic mass is 10.1. The molecule has 0 spiro atoms. The fourth-order valence-corrected chi connectivity index (χ4v) is 12.5. The van der Waals surface area contributed by atoms with Crippen molar-refractivity contribution in [1.82, 2.24) is 14.5 Å². The van der Waals surface area contributed by atoms with E-state index in [-0.39, 0.29) is 0 Å². The molecule has 2 aliphatic rings. The maximum absolute atomic E-state index is 5.11. The van der Waals surface area contributed by atoms with Crippen molar-refractivity contribution in [1.29, 1.82) is 0 Å². The van der Waals surface area contributed by atoms with Crippen LogP contribution in [-0.2, 0) is 0 Å². The fourth-order valence-electron chi connectivity index (χ4n) is 7.54. The number of nitrogens with zero attached hydrogens (tertiary/aromatic N) is 4. The molecule has 0 amide bonds. The molecule has 0 saturated heterocycles. The maximum atomic E-state index is 5.11. The Balaban J connectivity index is 1.36.